The molecule has 0 aromatic heterocycles. The summed E-state index contributed by atoms with van der Waals surface area (Å²) in [5, 5.41) is 0.725. The van der Waals surface area contributed by atoms with Crippen LogP contribution in [-0.4, -0.2) is 45.5 Å². The highest BCUT2D eigenvalue weighted by molar-refractivity contribution is 7.89. The van der Waals surface area contributed by atoms with E-state index in [4.69, 9.17) is 16.3 Å². The van der Waals surface area contributed by atoms with Gasteiger partial charge in [-0.25, -0.2) is 8.42 Å². The maximum atomic E-state index is 13.5. The van der Waals surface area contributed by atoms with Crippen molar-refractivity contribution in [1.82, 2.24) is 4.31 Å². The van der Waals surface area contributed by atoms with Crippen LogP contribution in [0.2, 0.25) is 5.02 Å². The first-order chi connectivity index (χ1) is 14.1. The number of rotatable bonds is 5. The standard InChI is InChI=1S/C23H31ClN2O3S/c1-6-29-21-11-10-18(23(3,4)5)16-22(21)30(27,28)26-14-12-25(13-15-26)20-9-7-8-19(24)17(20)2/h7-11,16H,6,12-15H2,1-5H3. The monoisotopic (exact) mass is 450 g/mol. The zero-order valence-electron chi connectivity index (χ0n) is 18.4. The summed E-state index contributed by atoms with van der Waals surface area (Å²) in [6.45, 7) is 12.6. The number of anilines is 1. The van der Waals surface area contributed by atoms with Gasteiger partial charge in [0.15, 0.2) is 0 Å². The van der Waals surface area contributed by atoms with Gasteiger partial charge in [0.2, 0.25) is 10.0 Å². The summed E-state index contributed by atoms with van der Waals surface area (Å²) < 4.78 is 34.3. The van der Waals surface area contributed by atoms with Crippen LogP contribution in [-0.2, 0) is 15.4 Å². The molecule has 5 nitrogen and oxygen atoms in total. The summed E-state index contributed by atoms with van der Waals surface area (Å²) in [7, 11) is -3.67. The number of benzene rings is 2. The second-order valence-corrected chi connectivity index (χ2v) is 10.9. The SMILES string of the molecule is CCOc1ccc(C(C)(C)C)cc1S(=O)(=O)N1CCN(c2cccc(Cl)c2C)CC1. The van der Waals surface area contributed by atoms with Crippen LogP contribution in [0.5, 0.6) is 5.75 Å². The Morgan fingerprint density at radius 2 is 1.73 bits per heavy atom. The fourth-order valence-electron chi connectivity index (χ4n) is 3.70. The Bertz CT molecular complexity index is 1010. The van der Waals surface area contributed by atoms with E-state index in [9.17, 15) is 8.42 Å². The van der Waals surface area contributed by atoms with Crippen LogP contribution in [0.25, 0.3) is 0 Å². The van der Waals surface area contributed by atoms with E-state index in [0.29, 0.717) is 38.5 Å². The molecular formula is C23H31ClN2O3S. The van der Waals surface area contributed by atoms with Gasteiger partial charge in [0.1, 0.15) is 10.6 Å². The minimum atomic E-state index is -3.67. The van der Waals surface area contributed by atoms with Crippen LogP contribution in [0.15, 0.2) is 41.3 Å². The Hall–Kier alpha value is -1.76. The largest absolute Gasteiger partial charge is 0.492 e. The molecule has 0 atom stereocenters. The van der Waals surface area contributed by atoms with Gasteiger partial charge in [-0.3, -0.25) is 0 Å². The van der Waals surface area contributed by atoms with Crippen molar-refractivity contribution in [3.8, 4) is 5.75 Å². The molecule has 0 radical (unpaired) electrons. The maximum absolute atomic E-state index is 13.5. The predicted molar refractivity (Wildman–Crippen MR) is 123 cm³/mol. The molecule has 2 aromatic rings. The Kier molecular flexibility index (Phi) is 6.70. The average molecular weight is 451 g/mol. The lowest BCUT2D eigenvalue weighted by molar-refractivity contribution is 0.327. The first-order valence-electron chi connectivity index (χ1n) is 10.3. The molecule has 0 saturated carbocycles. The number of halogens is 1. The van der Waals surface area contributed by atoms with Crippen LogP contribution in [0, 0.1) is 6.92 Å². The zero-order chi connectivity index (χ0) is 22.1. The molecule has 0 spiro atoms. The Balaban J connectivity index is 1.87. The van der Waals surface area contributed by atoms with Crippen molar-refractivity contribution in [2.75, 3.05) is 37.7 Å². The fraction of sp³-hybridized carbons (Fsp3) is 0.478. The number of ether oxygens (including phenoxy) is 1. The van der Waals surface area contributed by atoms with Crippen LogP contribution in [0.4, 0.5) is 5.69 Å². The lowest BCUT2D eigenvalue weighted by Gasteiger charge is -2.36. The maximum Gasteiger partial charge on any atom is 0.246 e. The molecule has 3 rings (SSSR count). The number of nitrogens with zero attached hydrogens (tertiary/aromatic N) is 2. The fourth-order valence-corrected chi connectivity index (χ4v) is 5.45. The van der Waals surface area contributed by atoms with Crippen molar-refractivity contribution in [2.45, 2.75) is 44.9 Å². The lowest BCUT2D eigenvalue weighted by Crippen LogP contribution is -2.49. The van der Waals surface area contributed by atoms with E-state index in [2.05, 4.69) is 25.7 Å². The minimum absolute atomic E-state index is 0.155. The van der Waals surface area contributed by atoms with Crippen LogP contribution >= 0.6 is 11.6 Å². The second-order valence-electron chi connectivity index (χ2n) is 8.62. The molecular weight excluding hydrogens is 420 g/mol. The summed E-state index contributed by atoms with van der Waals surface area (Å²) in [6.07, 6.45) is 0. The molecule has 164 valence electrons. The Morgan fingerprint density at radius 1 is 1.07 bits per heavy atom. The topological polar surface area (TPSA) is 49.9 Å². The van der Waals surface area contributed by atoms with E-state index in [1.807, 2.05) is 38.1 Å². The van der Waals surface area contributed by atoms with Crippen LogP contribution < -0.4 is 9.64 Å². The Morgan fingerprint density at radius 3 is 2.33 bits per heavy atom. The van der Waals surface area contributed by atoms with Gasteiger partial charge in [-0.1, -0.05) is 44.5 Å². The third kappa shape index (κ3) is 4.61. The molecule has 30 heavy (non-hydrogen) atoms. The van der Waals surface area contributed by atoms with Gasteiger partial charge in [-0.2, -0.15) is 4.31 Å². The van der Waals surface area contributed by atoms with E-state index in [0.717, 1.165) is 21.8 Å². The smallest absolute Gasteiger partial charge is 0.246 e. The molecule has 1 aliphatic rings. The molecule has 7 heteroatoms. The number of sulfonamides is 1. The second kappa shape index (κ2) is 8.77. The van der Waals surface area contributed by atoms with Crippen molar-refractivity contribution in [1.29, 1.82) is 0 Å². The van der Waals surface area contributed by atoms with Crippen molar-refractivity contribution >= 4 is 27.3 Å². The molecule has 1 aliphatic heterocycles. The first-order valence-corrected chi connectivity index (χ1v) is 12.1. The van der Waals surface area contributed by atoms with Gasteiger partial charge in [-0.05, 0) is 54.7 Å². The van der Waals surface area contributed by atoms with Crippen molar-refractivity contribution in [2.24, 2.45) is 0 Å². The van der Waals surface area contributed by atoms with Gasteiger partial charge >= 0.3 is 0 Å². The highest BCUT2D eigenvalue weighted by Crippen LogP contribution is 2.34. The van der Waals surface area contributed by atoms with Gasteiger partial charge < -0.3 is 9.64 Å². The molecule has 0 aliphatic carbocycles. The Labute approximate surface area is 185 Å². The molecule has 0 bridgehead atoms. The minimum Gasteiger partial charge on any atom is -0.492 e. The normalized spacial score (nSPS) is 16.0. The van der Waals surface area contributed by atoms with E-state index in [1.165, 1.54) is 0 Å². The molecule has 0 N–H and O–H groups in total. The van der Waals surface area contributed by atoms with E-state index in [-0.39, 0.29) is 10.3 Å². The number of hydrogen-bond acceptors (Lipinski definition) is 4. The summed E-state index contributed by atoms with van der Waals surface area (Å²) in [5.41, 5.74) is 2.90. The molecule has 0 unspecified atom stereocenters. The molecule has 1 heterocycles. The summed E-state index contributed by atoms with van der Waals surface area (Å²) >= 11 is 6.27. The molecule has 1 saturated heterocycles. The summed E-state index contributed by atoms with van der Waals surface area (Å²) in [4.78, 5) is 2.45. The van der Waals surface area contributed by atoms with Gasteiger partial charge in [0.25, 0.3) is 0 Å². The highest BCUT2D eigenvalue weighted by Gasteiger charge is 2.32. The van der Waals surface area contributed by atoms with Crippen molar-refractivity contribution in [3.63, 3.8) is 0 Å². The van der Waals surface area contributed by atoms with E-state index < -0.39 is 10.0 Å². The predicted octanol–water partition coefficient (Wildman–Crippen LogP) is 4.86. The molecule has 1 fully saturated rings. The lowest BCUT2D eigenvalue weighted by atomic mass is 9.87. The van der Waals surface area contributed by atoms with Crippen LogP contribution in [0.1, 0.15) is 38.8 Å². The molecule has 2 aromatic carbocycles. The highest BCUT2D eigenvalue weighted by atomic mass is 35.5. The molecule has 0 amide bonds. The van der Waals surface area contributed by atoms with Crippen molar-refractivity contribution < 1.29 is 13.2 Å². The summed E-state index contributed by atoms with van der Waals surface area (Å²) in [5.74, 6) is 0.415. The average Bonchev–Trinajstić information content (AvgIpc) is 2.70. The van der Waals surface area contributed by atoms with Gasteiger partial charge in [0.05, 0.1) is 6.61 Å². The third-order valence-corrected chi connectivity index (χ3v) is 7.88. The number of hydrogen-bond donors (Lipinski definition) is 0. The first kappa shape index (κ1) is 22.9. The van der Waals surface area contributed by atoms with E-state index in [1.54, 1.807) is 16.4 Å². The van der Waals surface area contributed by atoms with Crippen LogP contribution in [0.3, 0.4) is 0 Å². The third-order valence-electron chi connectivity index (χ3n) is 5.55. The van der Waals surface area contributed by atoms with Gasteiger partial charge in [0, 0.05) is 36.9 Å². The van der Waals surface area contributed by atoms with Crippen molar-refractivity contribution in [3.05, 3.63) is 52.5 Å². The van der Waals surface area contributed by atoms with Gasteiger partial charge in [-0.15, -0.1) is 0 Å². The summed E-state index contributed by atoms with van der Waals surface area (Å²) in [6, 6.07) is 11.3. The number of piperazine rings is 1. The van der Waals surface area contributed by atoms with E-state index >= 15 is 0 Å². The zero-order valence-corrected chi connectivity index (χ0v) is 20.0. The quantitative estimate of drug-likeness (QED) is 0.653.